The van der Waals surface area contributed by atoms with E-state index in [4.69, 9.17) is 16.3 Å². The van der Waals surface area contributed by atoms with E-state index in [0.717, 1.165) is 40.6 Å². The molecule has 2 nitrogen and oxygen atoms in total. The van der Waals surface area contributed by atoms with Crippen LogP contribution in [0.2, 0.25) is 5.02 Å². The van der Waals surface area contributed by atoms with E-state index in [-0.39, 0.29) is 0 Å². The molecule has 4 bridgehead atoms. The Balaban J connectivity index is 1.24. The van der Waals surface area contributed by atoms with Crippen LogP contribution in [-0.4, -0.2) is 6.04 Å². The molecule has 172 valence electrons. The van der Waals surface area contributed by atoms with Gasteiger partial charge in [-0.15, -0.1) is 0 Å². The zero-order chi connectivity index (χ0) is 22.4. The summed E-state index contributed by atoms with van der Waals surface area (Å²) in [6.45, 7) is 3.82. The van der Waals surface area contributed by atoms with Gasteiger partial charge in [0, 0.05) is 23.2 Å². The Kier molecular flexibility index (Phi) is 5.63. The van der Waals surface area contributed by atoms with Gasteiger partial charge in [-0.05, 0) is 103 Å². The van der Waals surface area contributed by atoms with Gasteiger partial charge in [-0.1, -0.05) is 54.1 Å². The molecule has 4 aliphatic rings. The second-order valence-corrected chi connectivity index (χ2v) is 11.5. The van der Waals surface area contributed by atoms with Crippen LogP contribution in [0.3, 0.4) is 0 Å². The Hall–Kier alpha value is -2.03. The number of benzene rings is 3. The summed E-state index contributed by atoms with van der Waals surface area (Å²) >= 11 is 6.18. The number of rotatable bonds is 7. The number of ether oxygens (including phenoxy) is 1. The molecule has 3 aromatic carbocycles. The van der Waals surface area contributed by atoms with Crippen LogP contribution < -0.4 is 10.1 Å². The molecule has 4 aliphatic carbocycles. The summed E-state index contributed by atoms with van der Waals surface area (Å²) in [6.07, 6.45) is 8.78. The number of hydrogen-bond donors (Lipinski definition) is 1. The van der Waals surface area contributed by atoms with E-state index in [1.165, 1.54) is 54.9 Å². The van der Waals surface area contributed by atoms with Crippen LogP contribution in [0.25, 0.3) is 10.8 Å². The molecule has 0 aromatic heterocycles. The van der Waals surface area contributed by atoms with Crippen molar-refractivity contribution in [1.29, 1.82) is 0 Å². The largest absolute Gasteiger partial charge is 0.489 e. The van der Waals surface area contributed by atoms with Gasteiger partial charge in [-0.3, -0.25) is 0 Å². The zero-order valence-corrected chi connectivity index (χ0v) is 20.3. The number of halogens is 1. The normalized spacial score (nSPS) is 28.8. The van der Waals surface area contributed by atoms with Gasteiger partial charge in [0.2, 0.25) is 0 Å². The maximum Gasteiger partial charge on any atom is 0.124 e. The van der Waals surface area contributed by atoms with E-state index < -0.39 is 0 Å². The molecule has 3 heteroatoms. The Bertz CT molecular complexity index is 1120. The molecule has 0 amide bonds. The second kappa shape index (κ2) is 8.64. The third kappa shape index (κ3) is 4.17. The van der Waals surface area contributed by atoms with Crippen molar-refractivity contribution in [2.75, 3.05) is 0 Å². The molecule has 3 aromatic rings. The number of hydrogen-bond acceptors (Lipinski definition) is 2. The van der Waals surface area contributed by atoms with E-state index in [1.54, 1.807) is 0 Å². The highest BCUT2D eigenvalue weighted by Gasteiger charge is 2.52. The van der Waals surface area contributed by atoms with E-state index >= 15 is 0 Å². The summed E-state index contributed by atoms with van der Waals surface area (Å²) in [4.78, 5) is 0. The van der Waals surface area contributed by atoms with Crippen molar-refractivity contribution in [3.63, 3.8) is 0 Å². The highest BCUT2D eigenvalue weighted by molar-refractivity contribution is 6.30. The predicted octanol–water partition coefficient (Wildman–Crippen LogP) is 7.77. The summed E-state index contributed by atoms with van der Waals surface area (Å²) in [7, 11) is 0. The molecule has 33 heavy (non-hydrogen) atoms. The highest BCUT2D eigenvalue weighted by Crippen LogP contribution is 2.61. The fourth-order valence-corrected chi connectivity index (χ4v) is 7.81. The zero-order valence-electron chi connectivity index (χ0n) is 19.5. The lowest BCUT2D eigenvalue weighted by Gasteiger charge is -2.59. The lowest BCUT2D eigenvalue weighted by molar-refractivity contribution is -0.0706. The van der Waals surface area contributed by atoms with Crippen molar-refractivity contribution in [2.24, 2.45) is 23.2 Å². The summed E-state index contributed by atoms with van der Waals surface area (Å²) in [5.74, 6) is 3.91. The molecule has 1 N–H and O–H groups in total. The van der Waals surface area contributed by atoms with Gasteiger partial charge in [-0.2, -0.15) is 0 Å². The smallest absolute Gasteiger partial charge is 0.124 e. The first-order chi connectivity index (χ1) is 16.1. The number of fused-ring (bicyclic) bond motifs is 1. The fourth-order valence-electron chi connectivity index (χ4n) is 7.60. The summed E-state index contributed by atoms with van der Waals surface area (Å²) in [6, 6.07) is 21.5. The number of nitrogens with one attached hydrogen (secondary N) is 1. The van der Waals surface area contributed by atoms with Crippen molar-refractivity contribution in [1.82, 2.24) is 5.32 Å². The van der Waals surface area contributed by atoms with Crippen LogP contribution in [0.1, 0.15) is 56.6 Å². The minimum atomic E-state index is 0.501. The fraction of sp³-hybridized carbons (Fsp3) is 0.467. The second-order valence-electron chi connectivity index (χ2n) is 11.1. The molecule has 0 spiro atoms. The van der Waals surface area contributed by atoms with Crippen molar-refractivity contribution in [3.8, 4) is 5.75 Å². The van der Waals surface area contributed by atoms with Crippen molar-refractivity contribution in [2.45, 2.75) is 64.6 Å². The van der Waals surface area contributed by atoms with E-state index in [0.29, 0.717) is 18.1 Å². The lowest BCUT2D eigenvalue weighted by atomic mass is 9.48. The molecule has 0 radical (unpaired) electrons. The third-order valence-corrected chi connectivity index (χ3v) is 9.11. The van der Waals surface area contributed by atoms with E-state index in [1.807, 2.05) is 18.2 Å². The summed E-state index contributed by atoms with van der Waals surface area (Å²) in [5, 5.41) is 7.30. The van der Waals surface area contributed by atoms with Gasteiger partial charge in [0.25, 0.3) is 0 Å². The van der Waals surface area contributed by atoms with Gasteiger partial charge >= 0.3 is 0 Å². The molecule has 4 saturated carbocycles. The van der Waals surface area contributed by atoms with Gasteiger partial charge < -0.3 is 10.1 Å². The molecule has 4 fully saturated rings. The lowest BCUT2D eigenvalue weighted by Crippen LogP contribution is -2.54. The average Bonchev–Trinajstić information content (AvgIpc) is 2.80. The molecule has 0 saturated heterocycles. The van der Waals surface area contributed by atoms with Crippen molar-refractivity contribution in [3.05, 3.63) is 76.8 Å². The average molecular weight is 460 g/mol. The Morgan fingerprint density at radius 3 is 2.39 bits per heavy atom. The standard InChI is InChI=1S/C30H34ClNO/c1-20(30-15-22-11-23(16-30)13-24(12-22)17-30)32-18-28-27-8-3-2-6-25(27)9-10-29(28)33-19-21-5-4-7-26(31)14-21/h2-10,14,20,22-24,32H,11-13,15-19H2,1H3. The highest BCUT2D eigenvalue weighted by atomic mass is 35.5. The van der Waals surface area contributed by atoms with Gasteiger partial charge in [0.15, 0.2) is 0 Å². The minimum absolute atomic E-state index is 0.501. The van der Waals surface area contributed by atoms with Crippen LogP contribution in [-0.2, 0) is 13.2 Å². The Morgan fingerprint density at radius 2 is 1.67 bits per heavy atom. The van der Waals surface area contributed by atoms with Crippen LogP contribution in [0, 0.1) is 23.2 Å². The molecule has 7 rings (SSSR count). The SMILES string of the molecule is CC(NCc1c(OCc2cccc(Cl)c2)ccc2ccccc12)C12CC3CC(CC(C3)C1)C2. The van der Waals surface area contributed by atoms with Crippen molar-refractivity contribution >= 4 is 22.4 Å². The monoisotopic (exact) mass is 459 g/mol. The van der Waals surface area contributed by atoms with Crippen LogP contribution in [0.15, 0.2) is 60.7 Å². The van der Waals surface area contributed by atoms with Crippen LogP contribution in [0.4, 0.5) is 0 Å². The van der Waals surface area contributed by atoms with Crippen molar-refractivity contribution < 1.29 is 4.74 Å². The predicted molar refractivity (Wildman–Crippen MR) is 137 cm³/mol. The first-order valence-corrected chi connectivity index (χ1v) is 13.1. The first-order valence-electron chi connectivity index (χ1n) is 12.7. The molecular formula is C30H34ClNO. The van der Waals surface area contributed by atoms with E-state index in [2.05, 4.69) is 54.7 Å². The Morgan fingerprint density at radius 1 is 0.939 bits per heavy atom. The Labute approximate surface area is 202 Å². The maximum absolute atomic E-state index is 6.37. The minimum Gasteiger partial charge on any atom is -0.489 e. The maximum atomic E-state index is 6.37. The van der Waals surface area contributed by atoms with Gasteiger partial charge in [-0.25, -0.2) is 0 Å². The van der Waals surface area contributed by atoms with E-state index in [9.17, 15) is 0 Å². The topological polar surface area (TPSA) is 21.3 Å². The molecule has 0 heterocycles. The first kappa shape index (κ1) is 21.5. The van der Waals surface area contributed by atoms with Crippen LogP contribution >= 0.6 is 11.6 Å². The molecule has 0 aliphatic heterocycles. The summed E-state index contributed by atoms with van der Waals surface area (Å²) < 4.78 is 6.37. The molecular weight excluding hydrogens is 426 g/mol. The quantitative estimate of drug-likeness (QED) is 0.389. The molecule has 1 atom stereocenters. The summed E-state index contributed by atoms with van der Waals surface area (Å²) in [5.41, 5.74) is 2.87. The van der Waals surface area contributed by atoms with Crippen LogP contribution in [0.5, 0.6) is 5.75 Å². The molecule has 1 unspecified atom stereocenters. The third-order valence-electron chi connectivity index (χ3n) is 8.87. The van der Waals surface area contributed by atoms with Gasteiger partial charge in [0.1, 0.15) is 12.4 Å². The van der Waals surface area contributed by atoms with Gasteiger partial charge in [0.05, 0.1) is 0 Å².